The van der Waals surface area contributed by atoms with Gasteiger partial charge < -0.3 is 10.8 Å². The van der Waals surface area contributed by atoms with E-state index in [9.17, 15) is 9.90 Å². The van der Waals surface area contributed by atoms with E-state index < -0.39 is 5.91 Å². The Kier molecular flexibility index (Phi) is 3.65. The van der Waals surface area contributed by atoms with Crippen molar-refractivity contribution >= 4 is 39.5 Å². The van der Waals surface area contributed by atoms with Crippen molar-refractivity contribution in [2.24, 2.45) is 11.7 Å². The molecule has 1 amide bonds. The standard InChI is InChI=1S/C16H17N5O2S/c1-24-16-18-6-9-2-3-11-13(15(17)23)20-21(14(11)12(9)19-16)10-4-8(5-10)7-22/h2-3,6,8,10,22H,4-5,7H2,1H3,(H2,17,23)/t8-,10+. The molecule has 1 aliphatic carbocycles. The van der Waals surface area contributed by atoms with Crippen LogP contribution in [-0.2, 0) is 0 Å². The lowest BCUT2D eigenvalue weighted by molar-refractivity contribution is 0.0981. The quantitative estimate of drug-likeness (QED) is 0.552. The number of fused-ring (bicyclic) bond motifs is 3. The Bertz CT molecular complexity index is 948. The minimum Gasteiger partial charge on any atom is -0.396 e. The van der Waals surface area contributed by atoms with Gasteiger partial charge in [-0.3, -0.25) is 9.48 Å². The molecule has 0 bridgehead atoms. The highest BCUT2D eigenvalue weighted by Crippen LogP contribution is 2.40. The molecule has 1 aromatic carbocycles. The summed E-state index contributed by atoms with van der Waals surface area (Å²) in [7, 11) is 0. The van der Waals surface area contributed by atoms with Crippen LogP contribution in [0.15, 0.2) is 23.5 Å². The summed E-state index contributed by atoms with van der Waals surface area (Å²) in [6.07, 6.45) is 5.38. The molecule has 1 saturated carbocycles. The zero-order valence-electron chi connectivity index (χ0n) is 13.1. The van der Waals surface area contributed by atoms with Crippen molar-refractivity contribution in [3.8, 4) is 0 Å². The van der Waals surface area contributed by atoms with Gasteiger partial charge in [-0.05, 0) is 31.1 Å². The highest BCUT2D eigenvalue weighted by Gasteiger charge is 2.33. The van der Waals surface area contributed by atoms with Gasteiger partial charge >= 0.3 is 0 Å². The maximum Gasteiger partial charge on any atom is 0.269 e. The molecule has 1 aliphatic rings. The molecule has 7 nitrogen and oxygen atoms in total. The second-order valence-corrected chi connectivity index (χ2v) is 6.86. The first-order chi connectivity index (χ1) is 11.6. The first-order valence-electron chi connectivity index (χ1n) is 7.75. The van der Waals surface area contributed by atoms with Gasteiger partial charge in [-0.1, -0.05) is 17.8 Å². The van der Waals surface area contributed by atoms with E-state index in [1.165, 1.54) is 11.8 Å². The molecule has 124 valence electrons. The molecule has 2 aromatic heterocycles. The lowest BCUT2D eigenvalue weighted by Crippen LogP contribution is -2.30. The lowest BCUT2D eigenvalue weighted by Gasteiger charge is -2.34. The van der Waals surface area contributed by atoms with Gasteiger partial charge in [0.2, 0.25) is 0 Å². The zero-order chi connectivity index (χ0) is 16.8. The van der Waals surface area contributed by atoms with Crippen molar-refractivity contribution in [1.29, 1.82) is 0 Å². The molecule has 3 N–H and O–H groups in total. The third-order valence-corrected chi connectivity index (χ3v) is 5.19. The molecule has 4 rings (SSSR count). The maximum absolute atomic E-state index is 11.8. The smallest absolute Gasteiger partial charge is 0.269 e. The van der Waals surface area contributed by atoms with Crippen LogP contribution in [0.2, 0.25) is 0 Å². The van der Waals surface area contributed by atoms with Crippen molar-refractivity contribution < 1.29 is 9.90 Å². The van der Waals surface area contributed by atoms with Crippen molar-refractivity contribution in [1.82, 2.24) is 19.7 Å². The van der Waals surface area contributed by atoms with Crippen LogP contribution in [0.4, 0.5) is 0 Å². The summed E-state index contributed by atoms with van der Waals surface area (Å²) in [4.78, 5) is 20.7. The van der Waals surface area contributed by atoms with Gasteiger partial charge in [0.25, 0.3) is 5.91 Å². The highest BCUT2D eigenvalue weighted by molar-refractivity contribution is 7.98. The fourth-order valence-corrected chi connectivity index (χ4v) is 3.64. The number of carbonyl (C=O) groups is 1. The second kappa shape index (κ2) is 5.71. The Hall–Kier alpha value is -2.19. The summed E-state index contributed by atoms with van der Waals surface area (Å²) in [5, 5.41) is 16.0. The number of hydrogen-bond acceptors (Lipinski definition) is 6. The van der Waals surface area contributed by atoms with Crippen molar-refractivity contribution in [3.05, 3.63) is 24.0 Å². The van der Waals surface area contributed by atoms with Crippen LogP contribution in [0.25, 0.3) is 21.8 Å². The number of amides is 1. The van der Waals surface area contributed by atoms with E-state index in [0.717, 1.165) is 29.3 Å². The van der Waals surface area contributed by atoms with Crippen molar-refractivity contribution in [2.75, 3.05) is 12.9 Å². The number of aliphatic hydroxyl groups is 1. The summed E-state index contributed by atoms with van der Waals surface area (Å²) in [6, 6.07) is 3.89. The summed E-state index contributed by atoms with van der Waals surface area (Å²) >= 11 is 1.47. The Morgan fingerprint density at radius 1 is 1.46 bits per heavy atom. The molecular weight excluding hydrogens is 326 g/mol. The largest absolute Gasteiger partial charge is 0.396 e. The van der Waals surface area contributed by atoms with Gasteiger partial charge in [-0.2, -0.15) is 5.10 Å². The third kappa shape index (κ3) is 2.25. The van der Waals surface area contributed by atoms with Crippen LogP contribution in [0, 0.1) is 5.92 Å². The van der Waals surface area contributed by atoms with E-state index >= 15 is 0 Å². The van der Waals surface area contributed by atoms with E-state index in [4.69, 9.17) is 5.73 Å². The summed E-state index contributed by atoms with van der Waals surface area (Å²) in [6.45, 7) is 0.178. The van der Waals surface area contributed by atoms with Crippen LogP contribution >= 0.6 is 11.8 Å². The number of carbonyl (C=O) groups excluding carboxylic acids is 1. The fraction of sp³-hybridized carbons (Fsp3) is 0.375. The Morgan fingerprint density at radius 3 is 2.92 bits per heavy atom. The van der Waals surface area contributed by atoms with Gasteiger partial charge in [0, 0.05) is 23.6 Å². The van der Waals surface area contributed by atoms with Crippen LogP contribution in [0.3, 0.4) is 0 Å². The molecule has 24 heavy (non-hydrogen) atoms. The average molecular weight is 343 g/mol. The number of aliphatic hydroxyl groups excluding tert-OH is 1. The topological polar surface area (TPSA) is 107 Å². The van der Waals surface area contributed by atoms with E-state index in [1.54, 1.807) is 6.20 Å². The number of thioether (sulfide) groups is 1. The van der Waals surface area contributed by atoms with E-state index in [1.807, 2.05) is 23.1 Å². The monoisotopic (exact) mass is 343 g/mol. The number of primary amides is 1. The van der Waals surface area contributed by atoms with Crippen molar-refractivity contribution in [2.45, 2.75) is 24.0 Å². The minimum absolute atomic E-state index is 0.149. The number of rotatable bonds is 4. The van der Waals surface area contributed by atoms with Crippen LogP contribution in [-0.4, -0.2) is 43.6 Å². The molecule has 1 fully saturated rings. The average Bonchev–Trinajstić information content (AvgIpc) is 2.93. The van der Waals surface area contributed by atoms with Gasteiger partial charge in [0.15, 0.2) is 10.9 Å². The van der Waals surface area contributed by atoms with E-state index in [2.05, 4.69) is 15.1 Å². The molecule has 8 heteroatoms. The number of benzene rings is 1. The third-order valence-electron chi connectivity index (χ3n) is 4.63. The normalized spacial score (nSPS) is 20.4. The van der Waals surface area contributed by atoms with Crippen LogP contribution < -0.4 is 5.73 Å². The molecule has 3 aromatic rings. The Balaban J connectivity index is 1.99. The number of nitrogens with zero attached hydrogens (tertiary/aromatic N) is 4. The number of aromatic nitrogens is 4. The fourth-order valence-electron chi connectivity index (χ4n) is 3.29. The molecule has 0 unspecified atom stereocenters. The van der Waals surface area contributed by atoms with Gasteiger partial charge in [0.05, 0.1) is 11.6 Å². The highest BCUT2D eigenvalue weighted by atomic mass is 32.2. The number of nitrogens with two attached hydrogens (primary N) is 1. The minimum atomic E-state index is -0.546. The number of hydrogen-bond donors (Lipinski definition) is 2. The Labute approximate surface area is 142 Å². The zero-order valence-corrected chi connectivity index (χ0v) is 14.0. The van der Waals surface area contributed by atoms with Crippen LogP contribution in [0.1, 0.15) is 29.4 Å². The summed E-state index contributed by atoms with van der Waals surface area (Å²) in [5.41, 5.74) is 7.38. The maximum atomic E-state index is 11.8. The lowest BCUT2D eigenvalue weighted by atomic mass is 9.81. The van der Waals surface area contributed by atoms with Gasteiger partial charge in [0.1, 0.15) is 5.52 Å². The summed E-state index contributed by atoms with van der Waals surface area (Å²) in [5.74, 6) is -0.257. The van der Waals surface area contributed by atoms with Gasteiger partial charge in [-0.25, -0.2) is 9.97 Å². The molecule has 0 spiro atoms. The predicted molar refractivity (Wildman–Crippen MR) is 92.0 cm³/mol. The Morgan fingerprint density at radius 2 is 2.25 bits per heavy atom. The summed E-state index contributed by atoms with van der Waals surface area (Å²) < 4.78 is 1.86. The second-order valence-electron chi connectivity index (χ2n) is 6.09. The first-order valence-corrected chi connectivity index (χ1v) is 8.97. The van der Waals surface area contributed by atoms with Gasteiger partial charge in [-0.15, -0.1) is 0 Å². The van der Waals surface area contributed by atoms with E-state index in [0.29, 0.717) is 10.5 Å². The molecule has 0 aliphatic heterocycles. The first kappa shape index (κ1) is 15.3. The van der Waals surface area contributed by atoms with Crippen LogP contribution in [0.5, 0.6) is 0 Å². The molecule has 0 radical (unpaired) electrons. The van der Waals surface area contributed by atoms with E-state index in [-0.39, 0.29) is 24.3 Å². The van der Waals surface area contributed by atoms with Crippen molar-refractivity contribution in [3.63, 3.8) is 0 Å². The molecular formula is C16H17N5O2S. The molecule has 0 saturated heterocycles. The molecule has 0 atom stereocenters. The molecule has 2 heterocycles. The predicted octanol–water partition coefficient (Wildman–Crippen LogP) is 1.74. The SMILES string of the molecule is CSc1ncc2ccc3c(C(N)=O)nn([C@H]4C[C@@H](CO)C4)c3c2n1.